The largest absolute Gasteiger partial charge is 0.298 e. The van der Waals surface area contributed by atoms with Gasteiger partial charge in [-0.1, -0.05) is 26.0 Å². The molecule has 3 heteroatoms. The van der Waals surface area contributed by atoms with Gasteiger partial charge < -0.3 is 0 Å². The van der Waals surface area contributed by atoms with Crippen molar-refractivity contribution in [1.82, 2.24) is 0 Å². The molecule has 2 unspecified atom stereocenters. The zero-order chi connectivity index (χ0) is 13.8. The van der Waals surface area contributed by atoms with E-state index < -0.39 is 0 Å². The standard InChI is InChI=1S/C16H21FOS/c1-11-7-12(2)9-13(8-11)15(18)10-19-16-6-4-3-5-14(16)17/h3-6,11-13H,7-10H2,1-2H3. The Morgan fingerprint density at radius 2 is 1.84 bits per heavy atom. The lowest BCUT2D eigenvalue weighted by Gasteiger charge is -2.30. The Kier molecular flexibility index (Phi) is 5.03. The maximum absolute atomic E-state index is 13.5. The highest BCUT2D eigenvalue weighted by Gasteiger charge is 2.28. The molecule has 1 saturated carbocycles. The Balaban J connectivity index is 1.89. The Hall–Kier alpha value is -0.830. The molecule has 19 heavy (non-hydrogen) atoms. The van der Waals surface area contributed by atoms with Crippen molar-refractivity contribution in [2.75, 3.05) is 5.75 Å². The Morgan fingerprint density at radius 3 is 2.47 bits per heavy atom. The Morgan fingerprint density at radius 1 is 1.21 bits per heavy atom. The van der Waals surface area contributed by atoms with Crippen molar-refractivity contribution in [2.24, 2.45) is 17.8 Å². The van der Waals surface area contributed by atoms with Crippen molar-refractivity contribution in [3.63, 3.8) is 0 Å². The second kappa shape index (κ2) is 6.56. The van der Waals surface area contributed by atoms with Crippen molar-refractivity contribution in [3.05, 3.63) is 30.1 Å². The van der Waals surface area contributed by atoms with Crippen LogP contribution in [-0.4, -0.2) is 11.5 Å². The van der Waals surface area contributed by atoms with Crippen LogP contribution in [0.25, 0.3) is 0 Å². The van der Waals surface area contributed by atoms with Gasteiger partial charge >= 0.3 is 0 Å². The first-order valence-corrected chi connectivity index (χ1v) is 7.95. The molecule has 104 valence electrons. The molecular weight excluding hydrogens is 259 g/mol. The average Bonchev–Trinajstić information content (AvgIpc) is 2.36. The topological polar surface area (TPSA) is 17.1 Å². The van der Waals surface area contributed by atoms with Gasteiger partial charge in [0, 0.05) is 10.8 Å². The second-order valence-corrected chi connectivity index (χ2v) is 6.82. The smallest absolute Gasteiger partial charge is 0.146 e. The number of carbonyl (C=O) groups excluding carboxylic acids is 1. The number of thioether (sulfide) groups is 1. The molecule has 0 amide bonds. The molecule has 1 fully saturated rings. The summed E-state index contributed by atoms with van der Waals surface area (Å²) < 4.78 is 13.5. The predicted octanol–water partition coefficient (Wildman–Crippen LogP) is 4.56. The van der Waals surface area contributed by atoms with Crippen LogP contribution in [-0.2, 0) is 4.79 Å². The van der Waals surface area contributed by atoms with E-state index in [-0.39, 0.29) is 17.5 Å². The minimum Gasteiger partial charge on any atom is -0.298 e. The third-order valence-electron chi connectivity index (χ3n) is 3.84. The van der Waals surface area contributed by atoms with E-state index in [9.17, 15) is 9.18 Å². The number of hydrogen-bond donors (Lipinski definition) is 0. The van der Waals surface area contributed by atoms with E-state index in [2.05, 4.69) is 13.8 Å². The van der Waals surface area contributed by atoms with Crippen LogP contribution in [0, 0.1) is 23.6 Å². The lowest BCUT2D eigenvalue weighted by atomic mass is 9.75. The van der Waals surface area contributed by atoms with Gasteiger partial charge in [-0.2, -0.15) is 0 Å². The maximum atomic E-state index is 13.5. The molecule has 0 aromatic heterocycles. The van der Waals surface area contributed by atoms with Crippen molar-refractivity contribution in [2.45, 2.75) is 38.0 Å². The quantitative estimate of drug-likeness (QED) is 0.752. The molecule has 2 rings (SSSR count). The van der Waals surface area contributed by atoms with Crippen molar-refractivity contribution in [3.8, 4) is 0 Å². The van der Waals surface area contributed by atoms with E-state index in [0.717, 1.165) is 12.8 Å². The Labute approximate surface area is 119 Å². The van der Waals surface area contributed by atoms with Gasteiger partial charge in [0.15, 0.2) is 0 Å². The van der Waals surface area contributed by atoms with Crippen LogP contribution in [0.2, 0.25) is 0 Å². The fraction of sp³-hybridized carbons (Fsp3) is 0.562. The Bertz CT molecular complexity index is 436. The van der Waals surface area contributed by atoms with Gasteiger partial charge in [-0.15, -0.1) is 11.8 Å². The first-order valence-electron chi connectivity index (χ1n) is 6.96. The van der Waals surface area contributed by atoms with E-state index >= 15 is 0 Å². The molecule has 0 N–H and O–H groups in total. The summed E-state index contributed by atoms with van der Waals surface area (Å²) in [5.74, 6) is 1.90. The summed E-state index contributed by atoms with van der Waals surface area (Å²) >= 11 is 1.33. The summed E-state index contributed by atoms with van der Waals surface area (Å²) in [6.45, 7) is 4.44. The number of benzene rings is 1. The van der Waals surface area contributed by atoms with Crippen LogP contribution in [0.3, 0.4) is 0 Å². The SMILES string of the molecule is CC1CC(C)CC(C(=O)CSc2ccccc2F)C1. The lowest BCUT2D eigenvalue weighted by Crippen LogP contribution is -2.27. The number of halogens is 1. The van der Waals surface area contributed by atoms with Gasteiger partial charge in [0.2, 0.25) is 0 Å². The molecule has 1 aliphatic carbocycles. The number of Topliss-reactive ketones (excluding diaryl/α,β-unsaturated/α-hetero) is 1. The van der Waals surface area contributed by atoms with E-state index in [1.165, 1.54) is 24.2 Å². The van der Waals surface area contributed by atoms with Crippen molar-refractivity contribution in [1.29, 1.82) is 0 Å². The van der Waals surface area contributed by atoms with Crippen LogP contribution < -0.4 is 0 Å². The van der Waals surface area contributed by atoms with Gasteiger partial charge in [0.1, 0.15) is 11.6 Å². The third kappa shape index (κ3) is 4.07. The summed E-state index contributed by atoms with van der Waals surface area (Å²) in [7, 11) is 0. The van der Waals surface area contributed by atoms with E-state index in [4.69, 9.17) is 0 Å². The predicted molar refractivity (Wildman–Crippen MR) is 77.8 cm³/mol. The third-order valence-corrected chi connectivity index (χ3v) is 4.91. The molecule has 0 radical (unpaired) electrons. The maximum Gasteiger partial charge on any atom is 0.146 e. The van der Waals surface area contributed by atoms with Crippen molar-refractivity contribution >= 4 is 17.5 Å². The fourth-order valence-electron chi connectivity index (χ4n) is 3.04. The number of carbonyl (C=O) groups is 1. The molecule has 2 atom stereocenters. The minimum absolute atomic E-state index is 0.179. The van der Waals surface area contributed by atoms with Crippen LogP contribution in [0.1, 0.15) is 33.1 Å². The van der Waals surface area contributed by atoms with Gasteiger partial charge in [0.05, 0.1) is 5.75 Å². The first-order chi connectivity index (χ1) is 9.06. The molecule has 1 nitrogen and oxygen atoms in total. The first kappa shape index (κ1) is 14.6. The highest BCUT2D eigenvalue weighted by Crippen LogP contribution is 2.34. The molecule has 0 heterocycles. The monoisotopic (exact) mass is 280 g/mol. The second-order valence-electron chi connectivity index (χ2n) is 5.80. The summed E-state index contributed by atoms with van der Waals surface area (Å²) in [5, 5.41) is 0. The highest BCUT2D eigenvalue weighted by atomic mass is 32.2. The summed E-state index contributed by atoms with van der Waals surface area (Å²) in [5.41, 5.74) is 0. The molecule has 1 aliphatic rings. The summed E-state index contributed by atoms with van der Waals surface area (Å²) in [6.07, 6.45) is 3.23. The molecule has 0 spiro atoms. The molecule has 1 aromatic rings. The summed E-state index contributed by atoms with van der Waals surface area (Å²) in [4.78, 5) is 12.8. The van der Waals surface area contributed by atoms with Gasteiger partial charge in [-0.25, -0.2) is 4.39 Å². The van der Waals surface area contributed by atoms with Gasteiger partial charge in [0.25, 0.3) is 0 Å². The van der Waals surface area contributed by atoms with E-state index in [0.29, 0.717) is 22.5 Å². The van der Waals surface area contributed by atoms with E-state index in [1.807, 2.05) is 0 Å². The molecule has 0 aliphatic heterocycles. The van der Waals surface area contributed by atoms with Gasteiger partial charge in [-0.05, 0) is 43.2 Å². The van der Waals surface area contributed by atoms with Crippen LogP contribution in [0.15, 0.2) is 29.2 Å². The zero-order valence-corrected chi connectivity index (χ0v) is 12.4. The normalized spacial score (nSPS) is 27.2. The average molecular weight is 280 g/mol. The molecule has 0 bridgehead atoms. The highest BCUT2D eigenvalue weighted by molar-refractivity contribution is 8.00. The number of rotatable bonds is 4. The summed E-state index contributed by atoms with van der Waals surface area (Å²) in [6, 6.07) is 6.66. The van der Waals surface area contributed by atoms with Crippen LogP contribution in [0.5, 0.6) is 0 Å². The van der Waals surface area contributed by atoms with Crippen molar-refractivity contribution < 1.29 is 9.18 Å². The minimum atomic E-state index is -0.231. The fourth-order valence-corrected chi connectivity index (χ4v) is 3.95. The molecule has 1 aromatic carbocycles. The molecular formula is C16H21FOS. The van der Waals surface area contributed by atoms with Gasteiger partial charge in [-0.3, -0.25) is 4.79 Å². The van der Waals surface area contributed by atoms with Crippen LogP contribution in [0.4, 0.5) is 4.39 Å². The lowest BCUT2D eigenvalue weighted by molar-refractivity contribution is -0.122. The number of ketones is 1. The van der Waals surface area contributed by atoms with Crippen LogP contribution >= 0.6 is 11.8 Å². The number of hydrogen-bond acceptors (Lipinski definition) is 2. The van der Waals surface area contributed by atoms with E-state index in [1.54, 1.807) is 18.2 Å². The molecule has 0 saturated heterocycles. The zero-order valence-electron chi connectivity index (χ0n) is 11.6.